The molecule has 0 bridgehead atoms. The van der Waals surface area contributed by atoms with E-state index in [0.717, 1.165) is 29.7 Å². The first-order chi connectivity index (χ1) is 11.0. The summed E-state index contributed by atoms with van der Waals surface area (Å²) < 4.78 is 5.41. The summed E-state index contributed by atoms with van der Waals surface area (Å²) in [6, 6.07) is 15.4. The second-order valence-electron chi connectivity index (χ2n) is 6.16. The Morgan fingerprint density at radius 3 is 2.58 bits per heavy atom. The Labute approximate surface area is 148 Å². The Balaban J connectivity index is 0.00000208. The van der Waals surface area contributed by atoms with Gasteiger partial charge in [0, 0.05) is 0 Å². The molecule has 128 valence electrons. The van der Waals surface area contributed by atoms with Crippen LogP contribution in [0.1, 0.15) is 36.1 Å². The first-order valence-electron chi connectivity index (χ1n) is 7.85. The highest BCUT2D eigenvalue weighted by atomic mass is 35.5. The Hall–Kier alpha value is -2.04. The van der Waals surface area contributed by atoms with Crippen LogP contribution < -0.4 is 15.8 Å². The van der Waals surface area contributed by atoms with Gasteiger partial charge in [0.25, 0.3) is 0 Å². The topological polar surface area (TPSA) is 64.3 Å². The van der Waals surface area contributed by atoms with Gasteiger partial charge in [0.2, 0.25) is 5.91 Å². The fourth-order valence-corrected chi connectivity index (χ4v) is 3.19. The number of halogens is 1. The van der Waals surface area contributed by atoms with E-state index in [9.17, 15) is 4.79 Å². The standard InChI is InChI=1S/C19H22N2O2.ClH/c1-19(20,13-7-4-3-5-8-13)18(22)21-16-12-11-15-14(16)9-6-10-17(15)23-2;/h3-10,16H,11-12,20H2,1-2H3,(H,21,22);1H. The third kappa shape index (κ3) is 3.25. The van der Waals surface area contributed by atoms with Gasteiger partial charge in [-0.05, 0) is 42.5 Å². The SMILES string of the molecule is COc1cccc2c1CCC2NC(=O)C(C)(N)c1ccccc1.Cl. The number of benzene rings is 2. The zero-order valence-corrected chi connectivity index (χ0v) is 14.7. The van der Waals surface area contributed by atoms with Crippen molar-refractivity contribution in [3.63, 3.8) is 0 Å². The van der Waals surface area contributed by atoms with Crippen molar-refractivity contribution in [3.8, 4) is 5.75 Å². The molecule has 2 unspecified atom stereocenters. The maximum Gasteiger partial charge on any atom is 0.244 e. The van der Waals surface area contributed by atoms with Gasteiger partial charge in [-0.25, -0.2) is 0 Å². The van der Waals surface area contributed by atoms with Gasteiger partial charge in [0.15, 0.2) is 0 Å². The second-order valence-corrected chi connectivity index (χ2v) is 6.16. The number of fused-ring (bicyclic) bond motifs is 1. The summed E-state index contributed by atoms with van der Waals surface area (Å²) >= 11 is 0. The molecule has 2 aromatic carbocycles. The molecule has 4 nitrogen and oxygen atoms in total. The van der Waals surface area contributed by atoms with E-state index in [0.29, 0.717) is 0 Å². The van der Waals surface area contributed by atoms with Gasteiger partial charge in [-0.1, -0.05) is 42.5 Å². The zero-order valence-electron chi connectivity index (χ0n) is 13.9. The van der Waals surface area contributed by atoms with Crippen LogP contribution in [-0.2, 0) is 16.8 Å². The van der Waals surface area contributed by atoms with Crippen LogP contribution in [0.3, 0.4) is 0 Å². The number of carbonyl (C=O) groups excluding carboxylic acids is 1. The summed E-state index contributed by atoms with van der Waals surface area (Å²) in [6.07, 6.45) is 1.77. The number of nitrogens with one attached hydrogen (secondary N) is 1. The molecule has 3 N–H and O–H groups in total. The Kier molecular flexibility index (Phi) is 5.52. The molecule has 5 heteroatoms. The van der Waals surface area contributed by atoms with Crippen LogP contribution in [0.25, 0.3) is 0 Å². The number of methoxy groups -OCH3 is 1. The third-order valence-corrected chi connectivity index (χ3v) is 4.60. The van der Waals surface area contributed by atoms with Crippen LogP contribution >= 0.6 is 12.4 Å². The molecule has 0 heterocycles. The molecule has 0 saturated heterocycles. The first-order valence-corrected chi connectivity index (χ1v) is 7.85. The van der Waals surface area contributed by atoms with E-state index >= 15 is 0 Å². The van der Waals surface area contributed by atoms with Crippen molar-refractivity contribution in [2.45, 2.75) is 31.3 Å². The van der Waals surface area contributed by atoms with Gasteiger partial charge >= 0.3 is 0 Å². The van der Waals surface area contributed by atoms with E-state index in [1.165, 1.54) is 5.56 Å². The van der Waals surface area contributed by atoms with E-state index in [2.05, 4.69) is 5.32 Å². The number of nitrogens with two attached hydrogens (primary N) is 1. The highest BCUT2D eigenvalue weighted by molar-refractivity contribution is 5.87. The average molecular weight is 347 g/mol. The fourth-order valence-electron chi connectivity index (χ4n) is 3.19. The third-order valence-electron chi connectivity index (χ3n) is 4.60. The van der Waals surface area contributed by atoms with E-state index < -0.39 is 5.54 Å². The molecule has 0 spiro atoms. The van der Waals surface area contributed by atoms with Gasteiger partial charge < -0.3 is 15.8 Å². The zero-order chi connectivity index (χ0) is 16.4. The van der Waals surface area contributed by atoms with Crippen LogP contribution in [0, 0.1) is 0 Å². The number of carbonyl (C=O) groups is 1. The van der Waals surface area contributed by atoms with Crippen LogP contribution in [0.2, 0.25) is 0 Å². The van der Waals surface area contributed by atoms with E-state index in [1.54, 1.807) is 14.0 Å². The fraction of sp³-hybridized carbons (Fsp3) is 0.316. The number of rotatable bonds is 4. The molecule has 24 heavy (non-hydrogen) atoms. The molecule has 0 aromatic heterocycles. The molecule has 0 saturated carbocycles. The largest absolute Gasteiger partial charge is 0.496 e. The summed E-state index contributed by atoms with van der Waals surface area (Å²) in [5.41, 5.74) is 8.36. The molecular formula is C19H23ClN2O2. The van der Waals surface area contributed by atoms with Gasteiger partial charge in [-0.3, -0.25) is 4.79 Å². The number of ether oxygens (including phenoxy) is 1. The molecular weight excluding hydrogens is 324 g/mol. The lowest BCUT2D eigenvalue weighted by Gasteiger charge is -2.26. The van der Waals surface area contributed by atoms with Crippen molar-refractivity contribution in [1.82, 2.24) is 5.32 Å². The predicted molar refractivity (Wildman–Crippen MR) is 97.4 cm³/mol. The van der Waals surface area contributed by atoms with Gasteiger partial charge in [-0.2, -0.15) is 0 Å². The maximum atomic E-state index is 12.7. The van der Waals surface area contributed by atoms with Crippen LogP contribution in [-0.4, -0.2) is 13.0 Å². The summed E-state index contributed by atoms with van der Waals surface area (Å²) in [4.78, 5) is 12.7. The van der Waals surface area contributed by atoms with Crippen molar-refractivity contribution in [2.75, 3.05) is 7.11 Å². The van der Waals surface area contributed by atoms with Crippen LogP contribution in [0.15, 0.2) is 48.5 Å². The average Bonchev–Trinajstić information content (AvgIpc) is 2.98. The molecule has 3 rings (SSSR count). The molecule has 1 aliphatic rings. The highest BCUT2D eigenvalue weighted by Gasteiger charge is 2.34. The molecule has 0 fully saturated rings. The summed E-state index contributed by atoms with van der Waals surface area (Å²) in [5.74, 6) is 0.724. The van der Waals surface area contributed by atoms with Crippen molar-refractivity contribution < 1.29 is 9.53 Å². The minimum atomic E-state index is -1.05. The molecule has 0 radical (unpaired) electrons. The molecule has 2 aromatic rings. The quantitative estimate of drug-likeness (QED) is 0.894. The van der Waals surface area contributed by atoms with Crippen molar-refractivity contribution in [2.24, 2.45) is 5.73 Å². The number of hydrogen-bond donors (Lipinski definition) is 2. The lowest BCUT2D eigenvalue weighted by Crippen LogP contribution is -2.49. The first kappa shape index (κ1) is 18.3. The molecule has 2 atom stereocenters. The lowest BCUT2D eigenvalue weighted by molar-refractivity contribution is -0.126. The minimum absolute atomic E-state index is 0. The monoisotopic (exact) mass is 346 g/mol. The second kappa shape index (κ2) is 7.24. The number of hydrogen-bond acceptors (Lipinski definition) is 3. The van der Waals surface area contributed by atoms with Crippen molar-refractivity contribution in [1.29, 1.82) is 0 Å². The summed E-state index contributed by atoms with van der Waals surface area (Å²) in [7, 11) is 1.67. The van der Waals surface area contributed by atoms with Gasteiger partial charge in [0.05, 0.1) is 13.2 Å². The Morgan fingerprint density at radius 2 is 1.92 bits per heavy atom. The molecule has 1 amide bonds. The summed E-state index contributed by atoms with van der Waals surface area (Å²) in [5, 5.41) is 3.11. The van der Waals surface area contributed by atoms with Crippen LogP contribution in [0.4, 0.5) is 0 Å². The lowest BCUT2D eigenvalue weighted by atomic mass is 9.91. The van der Waals surface area contributed by atoms with E-state index in [1.807, 2.05) is 48.5 Å². The highest BCUT2D eigenvalue weighted by Crippen LogP contribution is 2.37. The number of amides is 1. The normalized spacial score (nSPS) is 18.0. The minimum Gasteiger partial charge on any atom is -0.496 e. The predicted octanol–water partition coefficient (Wildman–Crippen LogP) is 3.09. The van der Waals surface area contributed by atoms with E-state index in [4.69, 9.17) is 10.5 Å². The Morgan fingerprint density at radius 1 is 1.21 bits per heavy atom. The Bertz CT molecular complexity index is 717. The van der Waals surface area contributed by atoms with Gasteiger partial charge in [0.1, 0.15) is 11.3 Å². The summed E-state index contributed by atoms with van der Waals surface area (Å²) in [6.45, 7) is 1.75. The van der Waals surface area contributed by atoms with Gasteiger partial charge in [-0.15, -0.1) is 12.4 Å². The molecule has 1 aliphatic carbocycles. The smallest absolute Gasteiger partial charge is 0.244 e. The van der Waals surface area contributed by atoms with Crippen LogP contribution in [0.5, 0.6) is 5.75 Å². The maximum absolute atomic E-state index is 12.7. The van der Waals surface area contributed by atoms with Crippen molar-refractivity contribution >= 4 is 18.3 Å². The van der Waals surface area contributed by atoms with E-state index in [-0.39, 0.29) is 24.4 Å². The van der Waals surface area contributed by atoms with Crippen molar-refractivity contribution in [3.05, 3.63) is 65.2 Å². The molecule has 0 aliphatic heterocycles.